The number of carbonyl (C=O) groups excluding carboxylic acids is 2. The van der Waals surface area contributed by atoms with E-state index in [9.17, 15) is 9.59 Å². The lowest BCUT2D eigenvalue weighted by molar-refractivity contribution is 0.0527. The van der Waals surface area contributed by atoms with E-state index >= 15 is 0 Å². The Morgan fingerprint density at radius 1 is 1.00 bits per heavy atom. The highest BCUT2D eigenvalue weighted by Crippen LogP contribution is 2.20. The minimum Gasteiger partial charge on any atom is -0.462 e. The highest BCUT2D eigenvalue weighted by molar-refractivity contribution is 6.03. The second-order valence-electron chi connectivity index (χ2n) is 5.48. The van der Waals surface area contributed by atoms with Gasteiger partial charge in [0.25, 0.3) is 5.91 Å². The fourth-order valence-electron chi connectivity index (χ4n) is 2.36. The summed E-state index contributed by atoms with van der Waals surface area (Å²) in [5.74, 6) is -0.601. The molecule has 136 valence electrons. The van der Waals surface area contributed by atoms with Crippen LogP contribution in [0.4, 0.5) is 17.3 Å². The summed E-state index contributed by atoms with van der Waals surface area (Å²) in [4.78, 5) is 32.8. The lowest BCUT2D eigenvalue weighted by atomic mass is 10.2. The van der Waals surface area contributed by atoms with Crippen LogP contribution < -0.4 is 10.6 Å². The molecule has 0 unspecified atom stereocenters. The van der Waals surface area contributed by atoms with Crippen LogP contribution in [0.5, 0.6) is 0 Å². The summed E-state index contributed by atoms with van der Waals surface area (Å²) >= 11 is 0. The van der Waals surface area contributed by atoms with E-state index in [-0.39, 0.29) is 24.2 Å². The Morgan fingerprint density at radius 2 is 1.74 bits per heavy atom. The van der Waals surface area contributed by atoms with Crippen molar-refractivity contribution in [3.63, 3.8) is 0 Å². The van der Waals surface area contributed by atoms with Gasteiger partial charge < -0.3 is 15.4 Å². The number of ether oxygens (including phenoxy) is 1. The molecule has 0 radical (unpaired) electrons. The number of amides is 1. The Hall–Kier alpha value is -3.74. The monoisotopic (exact) mass is 362 g/mol. The molecule has 0 aliphatic carbocycles. The second kappa shape index (κ2) is 8.57. The van der Waals surface area contributed by atoms with Gasteiger partial charge in [-0.15, -0.1) is 0 Å². The summed E-state index contributed by atoms with van der Waals surface area (Å²) in [5, 5.41) is 5.73. The van der Waals surface area contributed by atoms with Gasteiger partial charge in [-0.25, -0.2) is 14.8 Å². The molecular weight excluding hydrogens is 344 g/mol. The van der Waals surface area contributed by atoms with E-state index in [4.69, 9.17) is 4.74 Å². The van der Waals surface area contributed by atoms with E-state index in [1.165, 1.54) is 12.3 Å². The molecule has 3 aromatic rings. The molecule has 2 N–H and O–H groups in total. The van der Waals surface area contributed by atoms with Gasteiger partial charge >= 0.3 is 5.97 Å². The average molecular weight is 362 g/mol. The topological polar surface area (TPSA) is 93.2 Å². The van der Waals surface area contributed by atoms with E-state index in [1.54, 1.807) is 43.3 Å². The predicted octanol–water partition coefficient (Wildman–Crippen LogP) is 3.65. The number of hydrogen-bond donors (Lipinski definition) is 2. The molecule has 0 atom stereocenters. The van der Waals surface area contributed by atoms with Gasteiger partial charge in [0.2, 0.25) is 5.95 Å². The van der Waals surface area contributed by atoms with Crippen molar-refractivity contribution in [1.82, 2.24) is 9.97 Å². The average Bonchev–Trinajstić information content (AvgIpc) is 2.69. The zero-order chi connectivity index (χ0) is 19.1. The van der Waals surface area contributed by atoms with Crippen LogP contribution in [0.3, 0.4) is 0 Å². The maximum Gasteiger partial charge on any atom is 0.340 e. The van der Waals surface area contributed by atoms with Crippen molar-refractivity contribution in [3.8, 4) is 0 Å². The number of nitrogens with zero attached hydrogens (tertiary/aromatic N) is 2. The van der Waals surface area contributed by atoms with Gasteiger partial charge in [0.1, 0.15) is 5.69 Å². The van der Waals surface area contributed by atoms with Crippen LogP contribution in [0, 0.1) is 0 Å². The highest BCUT2D eigenvalue weighted by atomic mass is 16.5. The van der Waals surface area contributed by atoms with Crippen LogP contribution in [0.15, 0.2) is 66.9 Å². The minimum atomic E-state index is -0.446. The molecule has 27 heavy (non-hydrogen) atoms. The Balaban J connectivity index is 1.79. The first-order valence-corrected chi connectivity index (χ1v) is 8.40. The van der Waals surface area contributed by atoms with Gasteiger partial charge in [-0.2, -0.15) is 0 Å². The largest absolute Gasteiger partial charge is 0.462 e. The van der Waals surface area contributed by atoms with Crippen molar-refractivity contribution in [2.75, 3.05) is 17.2 Å². The van der Waals surface area contributed by atoms with Gasteiger partial charge in [-0.05, 0) is 37.3 Å². The number of para-hydroxylation sites is 2. The molecule has 1 heterocycles. The molecule has 2 aromatic carbocycles. The maximum atomic E-state index is 12.4. The molecule has 7 nitrogen and oxygen atoms in total. The number of rotatable bonds is 6. The van der Waals surface area contributed by atoms with Crippen LogP contribution in [-0.4, -0.2) is 28.5 Å². The lowest BCUT2D eigenvalue weighted by Crippen LogP contribution is -2.15. The SMILES string of the molecule is CCOC(=O)c1ccccc1Nc1nccc(C(=O)Nc2ccccc2)n1. The smallest absolute Gasteiger partial charge is 0.340 e. The fraction of sp³-hybridized carbons (Fsp3) is 0.100. The molecule has 0 aliphatic heterocycles. The molecule has 0 saturated carbocycles. The van der Waals surface area contributed by atoms with E-state index in [1.807, 2.05) is 18.2 Å². The van der Waals surface area contributed by atoms with E-state index in [0.717, 1.165) is 0 Å². The zero-order valence-electron chi connectivity index (χ0n) is 14.7. The van der Waals surface area contributed by atoms with Crippen LogP contribution in [0.2, 0.25) is 0 Å². The molecule has 1 aromatic heterocycles. The van der Waals surface area contributed by atoms with Crippen LogP contribution >= 0.6 is 0 Å². The molecule has 0 aliphatic rings. The van der Waals surface area contributed by atoms with Crippen LogP contribution in [0.25, 0.3) is 0 Å². The molecular formula is C20H18N4O3. The summed E-state index contributed by atoms with van der Waals surface area (Å²) in [5.41, 5.74) is 1.73. The van der Waals surface area contributed by atoms with Crippen molar-refractivity contribution in [2.45, 2.75) is 6.92 Å². The van der Waals surface area contributed by atoms with Gasteiger partial charge in [-0.1, -0.05) is 30.3 Å². The Bertz CT molecular complexity index is 945. The standard InChI is InChI=1S/C20H18N4O3/c1-2-27-19(26)15-10-6-7-11-16(15)23-20-21-13-12-17(24-20)18(25)22-14-8-4-3-5-9-14/h3-13H,2H2,1H3,(H,22,25)(H,21,23,24). The molecule has 0 fully saturated rings. The first kappa shape index (κ1) is 18.1. The van der Waals surface area contributed by atoms with E-state index in [0.29, 0.717) is 16.9 Å². The number of nitrogens with one attached hydrogen (secondary N) is 2. The van der Waals surface area contributed by atoms with Crippen molar-refractivity contribution >= 4 is 29.2 Å². The predicted molar refractivity (Wildman–Crippen MR) is 102 cm³/mol. The molecule has 1 amide bonds. The van der Waals surface area contributed by atoms with Gasteiger partial charge in [0.05, 0.1) is 17.9 Å². The highest BCUT2D eigenvalue weighted by Gasteiger charge is 2.14. The zero-order valence-corrected chi connectivity index (χ0v) is 14.7. The maximum absolute atomic E-state index is 12.4. The number of esters is 1. The van der Waals surface area contributed by atoms with Crippen LogP contribution in [-0.2, 0) is 4.74 Å². The van der Waals surface area contributed by atoms with E-state index in [2.05, 4.69) is 20.6 Å². The molecule has 7 heteroatoms. The number of aromatic nitrogens is 2. The summed E-state index contributed by atoms with van der Waals surface area (Å²) in [6.45, 7) is 2.02. The summed E-state index contributed by atoms with van der Waals surface area (Å²) in [6, 6.07) is 17.5. The lowest BCUT2D eigenvalue weighted by Gasteiger charge is -2.11. The summed E-state index contributed by atoms with van der Waals surface area (Å²) in [7, 11) is 0. The first-order valence-electron chi connectivity index (χ1n) is 8.40. The van der Waals surface area contributed by atoms with Crippen molar-refractivity contribution in [3.05, 3.63) is 78.1 Å². The fourth-order valence-corrected chi connectivity index (χ4v) is 2.36. The quantitative estimate of drug-likeness (QED) is 0.650. The first-order chi connectivity index (χ1) is 13.2. The van der Waals surface area contributed by atoms with Gasteiger partial charge in [0.15, 0.2) is 0 Å². The minimum absolute atomic E-state index is 0.199. The summed E-state index contributed by atoms with van der Waals surface area (Å²) in [6.07, 6.45) is 1.47. The number of anilines is 3. The number of hydrogen-bond acceptors (Lipinski definition) is 6. The molecule has 0 saturated heterocycles. The van der Waals surface area contributed by atoms with Crippen LogP contribution in [0.1, 0.15) is 27.8 Å². The third-order valence-corrected chi connectivity index (χ3v) is 3.59. The van der Waals surface area contributed by atoms with Crippen molar-refractivity contribution < 1.29 is 14.3 Å². The Labute approximate surface area is 156 Å². The van der Waals surface area contributed by atoms with Crippen molar-refractivity contribution in [2.24, 2.45) is 0 Å². The van der Waals surface area contributed by atoms with E-state index < -0.39 is 5.97 Å². The molecule has 0 bridgehead atoms. The second-order valence-corrected chi connectivity index (χ2v) is 5.48. The van der Waals surface area contributed by atoms with Crippen molar-refractivity contribution in [1.29, 1.82) is 0 Å². The Kier molecular flexibility index (Phi) is 5.73. The molecule has 3 rings (SSSR count). The number of carbonyl (C=O) groups is 2. The van der Waals surface area contributed by atoms with Gasteiger partial charge in [0, 0.05) is 11.9 Å². The third-order valence-electron chi connectivity index (χ3n) is 3.59. The Morgan fingerprint density at radius 3 is 2.52 bits per heavy atom. The van der Waals surface area contributed by atoms with Gasteiger partial charge in [-0.3, -0.25) is 4.79 Å². The summed E-state index contributed by atoms with van der Waals surface area (Å²) < 4.78 is 5.05. The normalized spacial score (nSPS) is 10.1. The molecule has 0 spiro atoms. The third kappa shape index (κ3) is 4.66. The number of benzene rings is 2.